The minimum absolute atomic E-state index is 0.553. The largest absolute Gasteiger partial charge is 0.330 e. The molecule has 3 nitrogen and oxygen atoms in total. The van der Waals surface area contributed by atoms with Gasteiger partial charge in [-0.2, -0.15) is 5.10 Å². The van der Waals surface area contributed by atoms with Crippen molar-refractivity contribution in [2.24, 2.45) is 12.8 Å². The molecule has 0 fully saturated rings. The number of rotatable bonds is 1. The zero-order valence-corrected chi connectivity index (χ0v) is 8.38. The molecule has 0 radical (unpaired) electrons. The zero-order valence-electron chi connectivity index (χ0n) is 8.38. The van der Waals surface area contributed by atoms with Gasteiger partial charge >= 0.3 is 0 Å². The molecule has 1 aliphatic rings. The molecule has 2 N–H and O–H groups in total. The van der Waals surface area contributed by atoms with E-state index in [9.17, 15) is 0 Å². The molecular weight excluding hydrogens is 162 g/mol. The highest BCUT2D eigenvalue weighted by Crippen LogP contribution is 2.32. The molecule has 3 heteroatoms. The van der Waals surface area contributed by atoms with Gasteiger partial charge in [-0.3, -0.25) is 4.68 Å². The molecule has 1 aromatic rings. The molecule has 13 heavy (non-hydrogen) atoms. The number of nitrogens with zero attached hydrogens (tertiary/aromatic N) is 2. The maximum atomic E-state index is 5.76. The van der Waals surface area contributed by atoms with E-state index in [1.807, 2.05) is 11.7 Å². The van der Waals surface area contributed by atoms with Crippen molar-refractivity contribution in [2.45, 2.75) is 32.1 Å². The number of hydrogen-bond acceptors (Lipinski definition) is 2. The Kier molecular flexibility index (Phi) is 2.12. The van der Waals surface area contributed by atoms with Gasteiger partial charge in [-0.1, -0.05) is 0 Å². The van der Waals surface area contributed by atoms with Gasteiger partial charge in [0.05, 0.1) is 5.69 Å². The van der Waals surface area contributed by atoms with Crippen molar-refractivity contribution in [3.8, 4) is 0 Å². The Balaban J connectivity index is 2.47. The fourth-order valence-corrected chi connectivity index (χ4v) is 2.30. The van der Waals surface area contributed by atoms with Crippen molar-refractivity contribution >= 4 is 0 Å². The van der Waals surface area contributed by atoms with Crippen molar-refractivity contribution in [1.29, 1.82) is 0 Å². The van der Waals surface area contributed by atoms with Crippen LogP contribution in [-0.4, -0.2) is 16.3 Å². The first-order chi connectivity index (χ1) is 6.24. The van der Waals surface area contributed by atoms with Crippen molar-refractivity contribution < 1.29 is 0 Å². The van der Waals surface area contributed by atoms with Crippen LogP contribution in [0.25, 0.3) is 0 Å². The van der Waals surface area contributed by atoms with E-state index in [-0.39, 0.29) is 0 Å². The Morgan fingerprint density at radius 3 is 3.08 bits per heavy atom. The summed E-state index contributed by atoms with van der Waals surface area (Å²) < 4.78 is 1.98. The van der Waals surface area contributed by atoms with Gasteiger partial charge in [0, 0.05) is 18.3 Å². The minimum atomic E-state index is 0.553. The summed E-state index contributed by atoms with van der Waals surface area (Å²) in [6.07, 6.45) is 3.61. The fraction of sp³-hybridized carbons (Fsp3) is 0.700. The van der Waals surface area contributed by atoms with Crippen molar-refractivity contribution in [2.75, 3.05) is 6.54 Å². The van der Waals surface area contributed by atoms with Crippen LogP contribution in [0.2, 0.25) is 0 Å². The lowest BCUT2D eigenvalue weighted by Crippen LogP contribution is -2.18. The molecule has 1 heterocycles. The standard InChI is InChI=1S/C10H17N3/c1-7-10-8(6-11)4-3-5-9(10)12-13(7)2/h8H,3-6,11H2,1-2H3. The summed E-state index contributed by atoms with van der Waals surface area (Å²) in [5, 5.41) is 4.51. The van der Waals surface area contributed by atoms with Crippen molar-refractivity contribution in [3.63, 3.8) is 0 Å². The van der Waals surface area contributed by atoms with Crippen LogP contribution in [0.1, 0.15) is 35.7 Å². The minimum Gasteiger partial charge on any atom is -0.330 e. The van der Waals surface area contributed by atoms with Crippen LogP contribution in [0, 0.1) is 6.92 Å². The molecule has 0 bridgehead atoms. The maximum Gasteiger partial charge on any atom is 0.0662 e. The predicted molar refractivity (Wildman–Crippen MR) is 52.7 cm³/mol. The first-order valence-corrected chi connectivity index (χ1v) is 4.96. The van der Waals surface area contributed by atoms with E-state index in [2.05, 4.69) is 12.0 Å². The second-order valence-electron chi connectivity index (χ2n) is 3.89. The number of aryl methyl sites for hydroxylation is 2. The number of nitrogens with two attached hydrogens (primary N) is 1. The Hall–Kier alpha value is -0.830. The van der Waals surface area contributed by atoms with Gasteiger partial charge in [-0.15, -0.1) is 0 Å². The van der Waals surface area contributed by atoms with E-state index in [1.165, 1.54) is 29.8 Å². The third kappa shape index (κ3) is 1.27. The van der Waals surface area contributed by atoms with Gasteiger partial charge in [-0.25, -0.2) is 0 Å². The quantitative estimate of drug-likeness (QED) is 0.701. The summed E-state index contributed by atoms with van der Waals surface area (Å²) >= 11 is 0. The lowest BCUT2D eigenvalue weighted by Gasteiger charge is -2.20. The van der Waals surface area contributed by atoms with Gasteiger partial charge < -0.3 is 5.73 Å². The summed E-state index contributed by atoms with van der Waals surface area (Å²) in [7, 11) is 2.02. The normalized spacial score (nSPS) is 21.6. The predicted octanol–water partition coefficient (Wildman–Crippen LogP) is 1.11. The topological polar surface area (TPSA) is 43.8 Å². The molecule has 0 aliphatic heterocycles. The van der Waals surface area contributed by atoms with Crippen LogP contribution < -0.4 is 5.73 Å². The zero-order chi connectivity index (χ0) is 9.42. The highest BCUT2D eigenvalue weighted by atomic mass is 15.3. The Morgan fingerprint density at radius 2 is 2.38 bits per heavy atom. The molecule has 1 aliphatic carbocycles. The molecule has 1 unspecified atom stereocenters. The number of fused-ring (bicyclic) bond motifs is 1. The number of hydrogen-bond donors (Lipinski definition) is 1. The first-order valence-electron chi connectivity index (χ1n) is 4.96. The van der Waals surface area contributed by atoms with E-state index < -0.39 is 0 Å². The molecule has 72 valence electrons. The summed E-state index contributed by atoms with van der Waals surface area (Å²) in [5.74, 6) is 0.553. The summed E-state index contributed by atoms with van der Waals surface area (Å²) in [4.78, 5) is 0. The third-order valence-electron chi connectivity index (χ3n) is 3.12. The second kappa shape index (κ2) is 3.14. The van der Waals surface area contributed by atoms with Crippen LogP contribution in [0.3, 0.4) is 0 Å². The summed E-state index contributed by atoms with van der Waals surface area (Å²) in [6.45, 7) is 2.90. The van der Waals surface area contributed by atoms with Gasteiger partial charge in [0.1, 0.15) is 0 Å². The molecule has 0 spiro atoms. The summed E-state index contributed by atoms with van der Waals surface area (Å²) in [6, 6.07) is 0. The molecular formula is C10H17N3. The molecule has 1 atom stereocenters. The van der Waals surface area contributed by atoms with Crippen LogP contribution in [0.15, 0.2) is 0 Å². The Bertz CT molecular complexity index is 314. The van der Waals surface area contributed by atoms with Gasteiger partial charge in [0.15, 0.2) is 0 Å². The second-order valence-corrected chi connectivity index (χ2v) is 3.89. The van der Waals surface area contributed by atoms with Crippen molar-refractivity contribution in [1.82, 2.24) is 9.78 Å². The van der Waals surface area contributed by atoms with E-state index in [0.717, 1.165) is 13.0 Å². The van der Waals surface area contributed by atoms with E-state index >= 15 is 0 Å². The molecule has 0 saturated carbocycles. The highest BCUT2D eigenvalue weighted by Gasteiger charge is 2.24. The maximum absolute atomic E-state index is 5.76. The lowest BCUT2D eigenvalue weighted by molar-refractivity contribution is 0.555. The smallest absolute Gasteiger partial charge is 0.0662 e. The fourth-order valence-electron chi connectivity index (χ4n) is 2.30. The summed E-state index contributed by atoms with van der Waals surface area (Å²) in [5.41, 5.74) is 9.76. The van der Waals surface area contributed by atoms with E-state index in [1.54, 1.807) is 0 Å². The lowest BCUT2D eigenvalue weighted by atomic mass is 9.85. The average molecular weight is 179 g/mol. The molecule has 0 saturated heterocycles. The van der Waals surface area contributed by atoms with Crippen LogP contribution in [0.4, 0.5) is 0 Å². The Labute approximate surface area is 78.9 Å². The van der Waals surface area contributed by atoms with E-state index in [4.69, 9.17) is 5.73 Å². The van der Waals surface area contributed by atoms with Gasteiger partial charge in [0.2, 0.25) is 0 Å². The third-order valence-corrected chi connectivity index (χ3v) is 3.12. The number of aromatic nitrogens is 2. The molecule has 1 aromatic heterocycles. The van der Waals surface area contributed by atoms with Crippen molar-refractivity contribution in [3.05, 3.63) is 17.0 Å². The highest BCUT2D eigenvalue weighted by molar-refractivity contribution is 5.31. The average Bonchev–Trinajstić information content (AvgIpc) is 2.43. The molecule has 0 amide bonds. The molecule has 2 rings (SSSR count). The van der Waals surface area contributed by atoms with Crippen LogP contribution in [-0.2, 0) is 13.5 Å². The van der Waals surface area contributed by atoms with Crippen LogP contribution in [0.5, 0.6) is 0 Å². The van der Waals surface area contributed by atoms with Crippen LogP contribution >= 0.6 is 0 Å². The Morgan fingerprint density at radius 1 is 1.62 bits per heavy atom. The van der Waals surface area contributed by atoms with Gasteiger partial charge in [0.25, 0.3) is 0 Å². The molecule has 0 aromatic carbocycles. The first kappa shape index (κ1) is 8.75. The van der Waals surface area contributed by atoms with Gasteiger partial charge in [-0.05, 0) is 38.6 Å². The van der Waals surface area contributed by atoms with E-state index in [0.29, 0.717) is 5.92 Å². The SMILES string of the molecule is Cc1c2c(nn1C)CCCC2CN. The monoisotopic (exact) mass is 179 g/mol.